The van der Waals surface area contributed by atoms with Crippen LogP contribution in [0.3, 0.4) is 0 Å². The number of anilines is 3. The molecule has 1 aliphatic carbocycles. The van der Waals surface area contributed by atoms with E-state index in [1.54, 1.807) is 22.6 Å². The number of benzene rings is 1. The van der Waals surface area contributed by atoms with Gasteiger partial charge < -0.3 is 51.6 Å². The number of nitrogens with zero attached hydrogens (tertiary/aromatic N) is 2. The van der Waals surface area contributed by atoms with Crippen LogP contribution in [-0.4, -0.2) is 24.8 Å². The summed E-state index contributed by atoms with van der Waals surface area (Å²) in [4.78, 5) is 7.67. The molecule has 0 aliphatic heterocycles. The molecule has 1 aromatic rings. The van der Waals surface area contributed by atoms with Crippen molar-refractivity contribution in [2.45, 2.75) is 20.5 Å². The van der Waals surface area contributed by atoms with Gasteiger partial charge in [-0.1, -0.05) is 22.6 Å². The molecule has 12 heteroatoms. The van der Waals surface area contributed by atoms with Crippen LogP contribution in [0.25, 0.3) is 0 Å². The number of fused-ring (bicyclic) bond motifs is 1. The summed E-state index contributed by atoms with van der Waals surface area (Å²) in [6.45, 7) is 6.88. The zero-order valence-corrected chi connectivity index (χ0v) is 15.0. The van der Waals surface area contributed by atoms with Crippen LogP contribution in [0.1, 0.15) is 11.1 Å². The van der Waals surface area contributed by atoms with Crippen molar-refractivity contribution in [1.29, 1.82) is 0 Å². The highest BCUT2D eigenvalue weighted by Crippen LogP contribution is 2.57. The van der Waals surface area contributed by atoms with Crippen molar-refractivity contribution in [3.63, 3.8) is 0 Å². The van der Waals surface area contributed by atoms with Crippen molar-refractivity contribution >= 4 is 58.8 Å². The lowest BCUT2D eigenvalue weighted by atomic mass is 9.65. The van der Waals surface area contributed by atoms with E-state index in [0.29, 0.717) is 0 Å². The average Bonchev–Trinajstić information content (AvgIpc) is 2.49. The van der Waals surface area contributed by atoms with Crippen molar-refractivity contribution in [3.05, 3.63) is 11.1 Å². The highest BCUT2D eigenvalue weighted by Gasteiger charge is 2.69. The fourth-order valence-corrected chi connectivity index (χ4v) is 3.99. The molecule has 11 nitrogen and oxygen atoms in total. The number of nitrogens with two attached hydrogens (primary N) is 9. The fraction of sp³-hybridized carbons (Fsp3) is 0.333. The Labute approximate surface area is 152 Å². The molecule has 0 amide bonds. The first-order valence-corrected chi connectivity index (χ1v) is 7.70. The number of halogens is 1. The van der Waals surface area contributed by atoms with E-state index in [2.05, 4.69) is 23.4 Å². The molecule has 0 fully saturated rings. The molecule has 2 unspecified atom stereocenters. The van der Waals surface area contributed by atoms with Crippen molar-refractivity contribution < 1.29 is 0 Å². The summed E-state index contributed by atoms with van der Waals surface area (Å²) in [7, 11) is 0. The van der Waals surface area contributed by atoms with Crippen LogP contribution in [0, 0.1) is 0 Å². The predicted molar refractivity (Wildman–Crippen MR) is 106 cm³/mol. The van der Waals surface area contributed by atoms with E-state index in [0.717, 1.165) is 0 Å². The lowest BCUT2D eigenvalue weighted by Crippen LogP contribution is -2.90. The summed E-state index contributed by atoms with van der Waals surface area (Å²) in [5.74, 6) is 0. The van der Waals surface area contributed by atoms with Gasteiger partial charge in [-0.25, -0.2) is 0 Å². The standard InChI is InChI=1S/C12H22IN11/c1-23-8-4-3(5(14)6(15)7(8)16)9(13,17)11(20,21)12(22,24-2)10(4,18)19/h1-2,14-22H2. The van der Waals surface area contributed by atoms with Gasteiger partial charge in [0.15, 0.2) is 5.66 Å². The van der Waals surface area contributed by atoms with E-state index in [1.807, 2.05) is 0 Å². The number of nitrogen functional groups attached to an aromatic ring is 3. The maximum Gasteiger partial charge on any atom is 0.177 e. The second kappa shape index (κ2) is 4.98. The van der Waals surface area contributed by atoms with Gasteiger partial charge in [0.2, 0.25) is 0 Å². The Balaban J connectivity index is 3.20. The fourth-order valence-electron chi connectivity index (χ4n) is 3.02. The Morgan fingerprint density at radius 3 is 1.71 bits per heavy atom. The first-order valence-electron chi connectivity index (χ1n) is 6.62. The second-order valence-electron chi connectivity index (χ2n) is 5.87. The quantitative estimate of drug-likeness (QED) is 0.0572. The number of hydrogen-bond acceptors (Lipinski definition) is 11. The minimum absolute atomic E-state index is 0.0264. The number of aliphatic imine (C=N–C) groups is 2. The van der Waals surface area contributed by atoms with E-state index in [1.165, 1.54) is 0 Å². The lowest BCUT2D eigenvalue weighted by Gasteiger charge is -2.59. The summed E-state index contributed by atoms with van der Waals surface area (Å²) < 4.78 is -1.58. The molecule has 0 radical (unpaired) electrons. The normalized spacial score (nSPS) is 30.5. The number of hydrogen-bond donors (Lipinski definition) is 9. The van der Waals surface area contributed by atoms with Crippen molar-refractivity contribution in [1.82, 2.24) is 0 Å². The molecule has 2 atom stereocenters. The van der Waals surface area contributed by atoms with E-state index in [-0.39, 0.29) is 33.9 Å². The molecule has 0 heterocycles. The topological polar surface area (TPSA) is 259 Å². The van der Waals surface area contributed by atoms with Crippen LogP contribution in [0.5, 0.6) is 0 Å². The Hall–Kier alpha value is -1.55. The van der Waals surface area contributed by atoms with Crippen LogP contribution in [0.4, 0.5) is 22.7 Å². The molecule has 24 heavy (non-hydrogen) atoms. The van der Waals surface area contributed by atoms with Crippen LogP contribution < -0.4 is 51.6 Å². The predicted octanol–water partition coefficient (Wildman–Crippen LogP) is -2.64. The molecule has 1 aromatic carbocycles. The molecule has 0 bridgehead atoms. The summed E-state index contributed by atoms with van der Waals surface area (Å²) in [6.07, 6.45) is 0. The van der Waals surface area contributed by atoms with Gasteiger partial charge in [-0.2, -0.15) is 0 Å². The zero-order chi connectivity index (χ0) is 18.9. The van der Waals surface area contributed by atoms with Crippen LogP contribution in [0.15, 0.2) is 9.98 Å². The smallest absolute Gasteiger partial charge is 0.177 e. The average molecular weight is 447 g/mol. The maximum absolute atomic E-state index is 6.40. The summed E-state index contributed by atoms with van der Waals surface area (Å²) in [5.41, 5.74) is 50.4. The third-order valence-corrected chi connectivity index (χ3v) is 6.07. The Morgan fingerprint density at radius 1 is 0.792 bits per heavy atom. The molecular weight excluding hydrogens is 425 g/mol. The highest BCUT2D eigenvalue weighted by atomic mass is 127. The van der Waals surface area contributed by atoms with Crippen molar-refractivity contribution in [2.24, 2.45) is 44.4 Å². The Bertz CT molecular complexity index is 754. The van der Waals surface area contributed by atoms with Gasteiger partial charge in [-0.15, -0.1) is 0 Å². The molecule has 132 valence electrons. The molecule has 0 saturated heterocycles. The van der Waals surface area contributed by atoms with Gasteiger partial charge in [-0.3, -0.25) is 9.98 Å². The minimum atomic E-state index is -1.99. The lowest BCUT2D eigenvalue weighted by molar-refractivity contribution is 0.0761. The van der Waals surface area contributed by atoms with Gasteiger partial charge in [0.25, 0.3) is 0 Å². The van der Waals surface area contributed by atoms with Gasteiger partial charge >= 0.3 is 0 Å². The molecule has 0 spiro atoms. The van der Waals surface area contributed by atoms with Crippen LogP contribution >= 0.6 is 22.6 Å². The SMILES string of the molecule is C=Nc1c(N)c(N)c(N)c2c1C(N)(N)C(N)(N=C)C(N)(N)C2(N)I. The zero-order valence-electron chi connectivity index (χ0n) is 12.9. The summed E-state index contributed by atoms with van der Waals surface area (Å²) in [5, 5.41) is 0. The first-order chi connectivity index (χ1) is 10.7. The first kappa shape index (κ1) is 18.8. The molecular formula is C12H22IN11. The largest absolute Gasteiger partial charge is 0.397 e. The van der Waals surface area contributed by atoms with E-state index < -0.39 is 20.5 Å². The summed E-state index contributed by atoms with van der Waals surface area (Å²) >= 11 is 1.79. The third-order valence-electron chi connectivity index (χ3n) is 4.64. The molecule has 18 N–H and O–H groups in total. The Kier molecular flexibility index (Phi) is 3.90. The van der Waals surface area contributed by atoms with Crippen LogP contribution in [0.2, 0.25) is 0 Å². The van der Waals surface area contributed by atoms with Crippen molar-refractivity contribution in [2.75, 3.05) is 17.2 Å². The Morgan fingerprint density at radius 2 is 1.29 bits per heavy atom. The molecule has 0 aromatic heterocycles. The van der Waals surface area contributed by atoms with E-state index in [4.69, 9.17) is 51.6 Å². The van der Waals surface area contributed by atoms with Gasteiger partial charge in [0, 0.05) is 11.1 Å². The van der Waals surface area contributed by atoms with Gasteiger partial charge in [0.1, 0.15) is 14.9 Å². The number of alkyl halides is 1. The third kappa shape index (κ3) is 1.75. The highest BCUT2D eigenvalue weighted by molar-refractivity contribution is 14.1. The molecule has 0 saturated carbocycles. The van der Waals surface area contributed by atoms with Crippen molar-refractivity contribution in [3.8, 4) is 0 Å². The molecule has 1 aliphatic rings. The molecule has 2 rings (SSSR count). The van der Waals surface area contributed by atoms with Crippen LogP contribution in [-0.2, 0) is 9.21 Å². The number of rotatable bonds is 2. The van der Waals surface area contributed by atoms with Gasteiger partial charge in [0.05, 0.1) is 22.7 Å². The minimum Gasteiger partial charge on any atom is -0.397 e. The monoisotopic (exact) mass is 447 g/mol. The maximum atomic E-state index is 6.40. The van der Waals surface area contributed by atoms with Gasteiger partial charge in [-0.05, 0) is 13.4 Å². The van der Waals surface area contributed by atoms with E-state index >= 15 is 0 Å². The summed E-state index contributed by atoms with van der Waals surface area (Å²) in [6, 6.07) is 0. The van der Waals surface area contributed by atoms with E-state index in [9.17, 15) is 0 Å². The second-order valence-corrected chi connectivity index (χ2v) is 7.57.